The van der Waals surface area contributed by atoms with E-state index < -0.39 is 6.04 Å². The molecule has 0 bridgehead atoms. The summed E-state index contributed by atoms with van der Waals surface area (Å²) in [5.74, 6) is 0.384. The quantitative estimate of drug-likeness (QED) is 0.352. The van der Waals surface area contributed by atoms with Gasteiger partial charge < -0.3 is 5.11 Å². The molecule has 0 aliphatic heterocycles. The van der Waals surface area contributed by atoms with Gasteiger partial charge in [0.25, 0.3) is 0 Å². The van der Waals surface area contributed by atoms with Crippen LogP contribution in [0.1, 0.15) is 104 Å². The predicted octanol–water partition coefficient (Wildman–Crippen LogP) is 6.54. The second kappa shape index (κ2) is 9.57. The molecule has 1 aromatic rings. The van der Waals surface area contributed by atoms with Gasteiger partial charge in [-0.1, -0.05) is 79.4 Å². The van der Waals surface area contributed by atoms with Crippen LogP contribution in [-0.4, -0.2) is 16.1 Å². The molecule has 0 saturated carbocycles. The molecule has 0 spiro atoms. The monoisotopic (exact) mass is 377 g/mol. The van der Waals surface area contributed by atoms with E-state index in [1.54, 1.807) is 6.92 Å². The molecule has 0 heterocycles. The van der Waals surface area contributed by atoms with E-state index >= 15 is 0 Å². The summed E-state index contributed by atoms with van der Waals surface area (Å²) in [5.41, 5.74) is 2.50. The molecule has 4 heteroatoms. The lowest BCUT2D eigenvalue weighted by atomic mass is 9.73. The first-order valence-corrected chi connectivity index (χ1v) is 10.5. The largest absolute Gasteiger partial charge is 0.507 e. The van der Waals surface area contributed by atoms with Gasteiger partial charge in [0.05, 0.1) is 0 Å². The van der Waals surface area contributed by atoms with Crippen molar-refractivity contribution in [2.75, 3.05) is 0 Å². The topological polar surface area (TPSA) is 63.4 Å². The van der Waals surface area contributed by atoms with Crippen LogP contribution in [0.4, 0.5) is 0 Å². The second-order valence-corrected chi connectivity index (χ2v) is 9.35. The van der Waals surface area contributed by atoms with E-state index in [0.29, 0.717) is 12.2 Å². The molecule has 0 radical (unpaired) electrons. The van der Waals surface area contributed by atoms with Crippen molar-refractivity contribution in [3.8, 4) is 5.75 Å². The summed E-state index contributed by atoms with van der Waals surface area (Å²) < 4.78 is 0. The highest BCUT2D eigenvalue weighted by Gasteiger charge is 2.31. The molecule has 1 aromatic carbocycles. The van der Waals surface area contributed by atoms with Crippen LogP contribution in [0.3, 0.4) is 0 Å². The van der Waals surface area contributed by atoms with Crippen LogP contribution in [0.5, 0.6) is 5.75 Å². The number of hydrogen-bond donors (Lipinski definition) is 1. The van der Waals surface area contributed by atoms with Crippen molar-refractivity contribution in [3.63, 3.8) is 0 Å². The van der Waals surface area contributed by atoms with E-state index in [1.165, 1.54) is 0 Å². The highest BCUT2D eigenvalue weighted by atomic mass is 16.6. The molecule has 1 rings (SSSR count). The fraction of sp³-hybridized carbons (Fsp3) is 0.739. The predicted molar refractivity (Wildman–Crippen MR) is 113 cm³/mol. The van der Waals surface area contributed by atoms with Crippen molar-refractivity contribution < 1.29 is 10.0 Å². The number of benzene rings is 1. The van der Waals surface area contributed by atoms with Gasteiger partial charge in [-0.3, -0.25) is 10.1 Å². The summed E-state index contributed by atoms with van der Waals surface area (Å²) in [6, 6.07) is 3.38. The smallest absolute Gasteiger partial charge is 0.214 e. The lowest BCUT2D eigenvalue weighted by Crippen LogP contribution is -2.24. The maximum Gasteiger partial charge on any atom is 0.214 e. The maximum atomic E-state index is 11.2. The zero-order chi connectivity index (χ0) is 20.8. The second-order valence-electron chi connectivity index (χ2n) is 9.35. The minimum atomic E-state index is -0.632. The Morgan fingerprint density at radius 2 is 1.41 bits per heavy atom. The van der Waals surface area contributed by atoms with E-state index in [9.17, 15) is 15.2 Å². The number of rotatable bonds is 11. The first-order valence-electron chi connectivity index (χ1n) is 10.5. The summed E-state index contributed by atoms with van der Waals surface area (Å²) >= 11 is 0. The van der Waals surface area contributed by atoms with E-state index in [4.69, 9.17) is 0 Å². The Balaban J connectivity index is 3.48. The summed E-state index contributed by atoms with van der Waals surface area (Å²) in [4.78, 5) is 10.9. The Morgan fingerprint density at radius 3 is 1.74 bits per heavy atom. The zero-order valence-corrected chi connectivity index (χ0v) is 18.4. The summed E-state index contributed by atoms with van der Waals surface area (Å²) in [5, 5.41) is 22.4. The number of phenols is 1. The molecule has 0 fully saturated rings. The van der Waals surface area contributed by atoms with Gasteiger partial charge in [-0.05, 0) is 29.2 Å². The van der Waals surface area contributed by atoms with Crippen LogP contribution < -0.4 is 0 Å². The summed E-state index contributed by atoms with van der Waals surface area (Å²) in [6.07, 6.45) is 6.77. The number of aromatic hydroxyl groups is 1. The molecule has 0 aliphatic rings. The van der Waals surface area contributed by atoms with Gasteiger partial charge in [-0.2, -0.15) is 0 Å². The number of nitro groups is 1. The number of phenolic OH excluding ortho intramolecular Hbond substituents is 1. The standard InChI is InChI=1S/C23H39NO3/c1-8-10-12-22(4,5)19-15-18(14-17(3)24(26)27)16-20(21(19)25)23(6,7)13-11-9-2/h15-17,25H,8-14H2,1-7H3. The van der Waals surface area contributed by atoms with Gasteiger partial charge in [-0.15, -0.1) is 0 Å². The van der Waals surface area contributed by atoms with Crippen LogP contribution in [0.25, 0.3) is 0 Å². The van der Waals surface area contributed by atoms with Crippen molar-refractivity contribution in [1.82, 2.24) is 0 Å². The van der Waals surface area contributed by atoms with Crippen LogP contribution in [0.2, 0.25) is 0 Å². The summed E-state index contributed by atoms with van der Waals surface area (Å²) in [7, 11) is 0. The molecular weight excluding hydrogens is 338 g/mol. The molecule has 0 saturated heterocycles. The van der Waals surface area contributed by atoms with Gasteiger partial charge in [0.2, 0.25) is 6.04 Å². The lowest BCUT2D eigenvalue weighted by Gasteiger charge is -2.32. The number of hydrogen-bond acceptors (Lipinski definition) is 3. The first kappa shape index (κ1) is 23.5. The normalized spacial score (nSPS) is 13.6. The van der Waals surface area contributed by atoms with Crippen LogP contribution in [-0.2, 0) is 17.3 Å². The molecule has 1 N–H and O–H groups in total. The van der Waals surface area contributed by atoms with Gasteiger partial charge in [-0.25, -0.2) is 0 Å². The van der Waals surface area contributed by atoms with Gasteiger partial charge in [0.1, 0.15) is 5.75 Å². The molecule has 0 aliphatic carbocycles. The maximum absolute atomic E-state index is 11.2. The molecule has 0 aromatic heterocycles. The molecule has 1 unspecified atom stereocenters. The van der Waals surface area contributed by atoms with Crippen molar-refractivity contribution in [3.05, 3.63) is 38.9 Å². The Bertz CT molecular complexity index is 594. The highest BCUT2D eigenvalue weighted by Crippen LogP contribution is 2.43. The van der Waals surface area contributed by atoms with Crippen LogP contribution in [0.15, 0.2) is 12.1 Å². The van der Waals surface area contributed by atoms with Crippen LogP contribution >= 0.6 is 0 Å². The third kappa shape index (κ3) is 6.22. The molecule has 1 atom stereocenters. The fourth-order valence-corrected chi connectivity index (χ4v) is 3.77. The van der Waals surface area contributed by atoms with Crippen molar-refractivity contribution in [2.24, 2.45) is 0 Å². The van der Waals surface area contributed by atoms with E-state index in [0.717, 1.165) is 55.2 Å². The Hall–Kier alpha value is -1.58. The van der Waals surface area contributed by atoms with Crippen LogP contribution in [0, 0.1) is 10.1 Å². The Labute approximate surface area is 165 Å². The van der Waals surface area contributed by atoms with Gasteiger partial charge in [0, 0.05) is 29.4 Å². The average molecular weight is 378 g/mol. The van der Waals surface area contributed by atoms with Crippen molar-refractivity contribution in [2.45, 2.75) is 110 Å². The SMILES string of the molecule is CCCCC(C)(C)c1cc(CC(C)[N+](=O)[O-])cc(C(C)(C)CCCC)c1O. The highest BCUT2D eigenvalue weighted by molar-refractivity contribution is 5.50. The lowest BCUT2D eigenvalue weighted by molar-refractivity contribution is -0.517. The van der Waals surface area contributed by atoms with Gasteiger partial charge in [0.15, 0.2) is 0 Å². The van der Waals surface area contributed by atoms with E-state index in [-0.39, 0.29) is 15.8 Å². The number of nitrogens with zero attached hydrogens (tertiary/aromatic N) is 1. The molecule has 154 valence electrons. The van der Waals surface area contributed by atoms with E-state index in [1.807, 2.05) is 12.1 Å². The molecule has 4 nitrogen and oxygen atoms in total. The minimum absolute atomic E-state index is 0.163. The summed E-state index contributed by atoms with van der Waals surface area (Å²) in [6.45, 7) is 14.7. The fourth-order valence-electron chi connectivity index (χ4n) is 3.77. The Morgan fingerprint density at radius 1 is 1.00 bits per heavy atom. The Kier molecular flexibility index (Phi) is 8.31. The first-order chi connectivity index (χ1) is 12.5. The van der Waals surface area contributed by atoms with Gasteiger partial charge >= 0.3 is 0 Å². The van der Waals surface area contributed by atoms with E-state index in [2.05, 4.69) is 41.5 Å². The minimum Gasteiger partial charge on any atom is -0.507 e. The third-order valence-electron chi connectivity index (χ3n) is 5.83. The molecular formula is C23H39NO3. The molecule has 27 heavy (non-hydrogen) atoms. The van der Waals surface area contributed by atoms with Crippen molar-refractivity contribution >= 4 is 0 Å². The zero-order valence-electron chi connectivity index (χ0n) is 18.4. The molecule has 0 amide bonds. The third-order valence-corrected chi connectivity index (χ3v) is 5.83. The number of unbranched alkanes of at least 4 members (excludes halogenated alkanes) is 2. The average Bonchev–Trinajstić information content (AvgIpc) is 2.59. The van der Waals surface area contributed by atoms with Crippen molar-refractivity contribution in [1.29, 1.82) is 0 Å².